The number of hydrogen-bond acceptors (Lipinski definition) is 4. The Bertz CT molecular complexity index is 459. The van der Waals surface area contributed by atoms with Crippen LogP contribution in [0.15, 0.2) is 19.7 Å². The Hall–Kier alpha value is 0.250. The lowest BCUT2D eigenvalue weighted by Crippen LogP contribution is -2.11. The number of nitrogens with zero attached hydrogens (tertiary/aromatic N) is 1. The van der Waals surface area contributed by atoms with Crippen molar-refractivity contribution in [2.45, 2.75) is 20.0 Å². The van der Waals surface area contributed by atoms with Crippen LogP contribution < -0.4 is 5.32 Å². The quantitative estimate of drug-likeness (QED) is 0.852. The highest BCUT2D eigenvalue weighted by atomic mass is 79.9. The number of thiophene rings is 1. The van der Waals surface area contributed by atoms with Gasteiger partial charge in [0.2, 0.25) is 0 Å². The molecule has 0 aromatic carbocycles. The number of aromatic nitrogens is 1. The van der Waals surface area contributed by atoms with Crippen molar-refractivity contribution in [3.63, 3.8) is 0 Å². The van der Waals surface area contributed by atoms with E-state index in [1.807, 2.05) is 6.92 Å². The van der Waals surface area contributed by atoms with Gasteiger partial charge in [-0.1, -0.05) is 0 Å². The summed E-state index contributed by atoms with van der Waals surface area (Å²) in [4.78, 5) is 5.72. The Morgan fingerprint density at radius 1 is 1.38 bits per heavy atom. The molecule has 0 bridgehead atoms. The average molecular weight is 382 g/mol. The summed E-state index contributed by atoms with van der Waals surface area (Å²) in [7, 11) is 0. The van der Waals surface area contributed by atoms with Crippen molar-refractivity contribution in [3.8, 4) is 0 Å². The Balaban J connectivity index is 1.84. The second-order valence-electron chi connectivity index (χ2n) is 3.32. The van der Waals surface area contributed by atoms with Gasteiger partial charge in [-0.3, -0.25) is 0 Å². The minimum Gasteiger partial charge on any atom is -0.306 e. The van der Waals surface area contributed by atoms with Gasteiger partial charge in [-0.15, -0.1) is 22.7 Å². The van der Waals surface area contributed by atoms with E-state index in [0.717, 1.165) is 32.1 Å². The highest BCUT2D eigenvalue weighted by Gasteiger charge is 2.04. The molecule has 86 valence electrons. The lowest BCUT2D eigenvalue weighted by molar-refractivity contribution is 0.696. The summed E-state index contributed by atoms with van der Waals surface area (Å²) in [6.07, 6.45) is 0. The Labute approximate surface area is 119 Å². The maximum Gasteiger partial charge on any atom is 0.107 e. The van der Waals surface area contributed by atoms with Crippen LogP contribution in [-0.2, 0) is 13.1 Å². The first-order valence-electron chi connectivity index (χ1n) is 4.70. The fourth-order valence-electron chi connectivity index (χ4n) is 1.26. The van der Waals surface area contributed by atoms with Gasteiger partial charge in [-0.25, -0.2) is 4.98 Å². The topological polar surface area (TPSA) is 24.9 Å². The third-order valence-electron chi connectivity index (χ3n) is 1.94. The van der Waals surface area contributed by atoms with Crippen molar-refractivity contribution in [3.05, 3.63) is 35.3 Å². The third-order valence-corrected chi connectivity index (χ3v) is 6.16. The van der Waals surface area contributed by atoms with E-state index in [0.29, 0.717) is 0 Å². The molecule has 0 atom stereocenters. The van der Waals surface area contributed by atoms with Crippen molar-refractivity contribution >= 4 is 54.5 Å². The van der Waals surface area contributed by atoms with Crippen molar-refractivity contribution < 1.29 is 0 Å². The molecule has 0 unspecified atom stereocenters. The van der Waals surface area contributed by atoms with Crippen LogP contribution in [0.5, 0.6) is 0 Å². The predicted octanol–water partition coefficient (Wildman–Crippen LogP) is 4.33. The lowest BCUT2D eigenvalue weighted by Gasteiger charge is -1.98. The van der Waals surface area contributed by atoms with Gasteiger partial charge < -0.3 is 5.32 Å². The molecule has 0 spiro atoms. The van der Waals surface area contributed by atoms with Crippen LogP contribution >= 0.6 is 54.5 Å². The van der Waals surface area contributed by atoms with E-state index in [9.17, 15) is 0 Å². The van der Waals surface area contributed by atoms with E-state index >= 15 is 0 Å². The minimum atomic E-state index is 0.839. The molecule has 0 aliphatic carbocycles. The van der Waals surface area contributed by atoms with Crippen LogP contribution in [0.25, 0.3) is 0 Å². The van der Waals surface area contributed by atoms with Gasteiger partial charge in [0.1, 0.15) is 5.01 Å². The van der Waals surface area contributed by atoms with E-state index in [1.165, 1.54) is 4.88 Å². The van der Waals surface area contributed by atoms with Crippen molar-refractivity contribution in [1.82, 2.24) is 10.3 Å². The molecule has 0 radical (unpaired) electrons. The van der Waals surface area contributed by atoms with Crippen molar-refractivity contribution in [2.24, 2.45) is 0 Å². The predicted molar refractivity (Wildman–Crippen MR) is 77.1 cm³/mol. The van der Waals surface area contributed by atoms with Crippen LogP contribution in [0.1, 0.15) is 15.6 Å². The number of thiazole rings is 1. The standard InChI is InChI=1S/C10H10Br2N2S2/c1-6-5-15-9(14-6)4-13-3-7-2-8(11)10(12)16-7/h2,5,13H,3-4H2,1H3. The highest BCUT2D eigenvalue weighted by Crippen LogP contribution is 2.32. The van der Waals surface area contributed by atoms with E-state index in [-0.39, 0.29) is 0 Å². The summed E-state index contributed by atoms with van der Waals surface area (Å²) in [5, 5.41) is 6.61. The van der Waals surface area contributed by atoms with Gasteiger partial charge in [0.15, 0.2) is 0 Å². The zero-order chi connectivity index (χ0) is 11.5. The molecule has 1 N–H and O–H groups in total. The maximum atomic E-state index is 4.41. The lowest BCUT2D eigenvalue weighted by atomic mass is 10.4. The molecular weight excluding hydrogens is 372 g/mol. The normalized spacial score (nSPS) is 10.9. The number of rotatable bonds is 4. The van der Waals surface area contributed by atoms with Gasteiger partial charge in [0.25, 0.3) is 0 Å². The molecule has 0 saturated heterocycles. The number of aryl methyl sites for hydroxylation is 1. The maximum absolute atomic E-state index is 4.41. The number of hydrogen-bond donors (Lipinski definition) is 1. The van der Waals surface area contributed by atoms with E-state index in [4.69, 9.17) is 0 Å². The van der Waals surface area contributed by atoms with E-state index in [2.05, 4.69) is 53.6 Å². The van der Waals surface area contributed by atoms with Crippen molar-refractivity contribution in [1.29, 1.82) is 0 Å². The molecule has 2 aromatic heterocycles. The van der Waals surface area contributed by atoms with Crippen LogP contribution in [0, 0.1) is 6.92 Å². The molecule has 2 aromatic rings. The second kappa shape index (κ2) is 5.73. The Kier molecular flexibility index (Phi) is 4.55. The van der Waals surface area contributed by atoms with Crippen LogP contribution in [0.4, 0.5) is 0 Å². The summed E-state index contributed by atoms with van der Waals surface area (Å²) in [5.41, 5.74) is 1.10. The number of halogens is 2. The summed E-state index contributed by atoms with van der Waals surface area (Å²) in [5.74, 6) is 0. The van der Waals surface area contributed by atoms with Gasteiger partial charge in [-0.05, 0) is 44.8 Å². The highest BCUT2D eigenvalue weighted by molar-refractivity contribution is 9.13. The molecule has 6 heteroatoms. The molecule has 0 aliphatic heterocycles. The molecule has 0 saturated carbocycles. The van der Waals surface area contributed by atoms with Crippen LogP contribution in [0.3, 0.4) is 0 Å². The Morgan fingerprint density at radius 3 is 2.75 bits per heavy atom. The van der Waals surface area contributed by atoms with Gasteiger partial charge in [0.05, 0.1) is 3.79 Å². The SMILES string of the molecule is Cc1csc(CNCc2cc(Br)c(Br)s2)n1. The van der Waals surface area contributed by atoms with Gasteiger partial charge in [0, 0.05) is 33.5 Å². The fraction of sp³-hybridized carbons (Fsp3) is 0.300. The summed E-state index contributed by atoms with van der Waals surface area (Å²) in [6.45, 7) is 3.74. The summed E-state index contributed by atoms with van der Waals surface area (Å²) in [6, 6.07) is 2.13. The summed E-state index contributed by atoms with van der Waals surface area (Å²) < 4.78 is 2.27. The average Bonchev–Trinajstić information content (AvgIpc) is 2.75. The zero-order valence-electron chi connectivity index (χ0n) is 8.59. The monoisotopic (exact) mass is 380 g/mol. The summed E-state index contributed by atoms with van der Waals surface area (Å²) >= 11 is 10.4. The first kappa shape index (κ1) is 12.7. The molecule has 0 aliphatic rings. The molecule has 2 nitrogen and oxygen atoms in total. The second-order valence-corrected chi connectivity index (χ2v) is 7.57. The minimum absolute atomic E-state index is 0.839. The first-order valence-corrected chi connectivity index (χ1v) is 7.99. The first-order chi connectivity index (χ1) is 7.65. The largest absolute Gasteiger partial charge is 0.306 e. The smallest absolute Gasteiger partial charge is 0.107 e. The molecule has 0 amide bonds. The molecule has 2 heterocycles. The molecule has 2 rings (SSSR count). The van der Waals surface area contributed by atoms with Gasteiger partial charge >= 0.3 is 0 Å². The third kappa shape index (κ3) is 3.37. The number of nitrogens with one attached hydrogen (secondary N) is 1. The molecule has 0 fully saturated rings. The van der Waals surface area contributed by atoms with Gasteiger partial charge in [-0.2, -0.15) is 0 Å². The Morgan fingerprint density at radius 2 is 2.19 bits per heavy atom. The molecule has 16 heavy (non-hydrogen) atoms. The fourth-order valence-corrected chi connectivity index (χ4v) is 4.14. The van der Waals surface area contributed by atoms with E-state index < -0.39 is 0 Å². The zero-order valence-corrected chi connectivity index (χ0v) is 13.4. The molecular formula is C10H10Br2N2S2. The van der Waals surface area contributed by atoms with E-state index in [1.54, 1.807) is 22.7 Å². The van der Waals surface area contributed by atoms with Crippen LogP contribution in [-0.4, -0.2) is 4.98 Å². The van der Waals surface area contributed by atoms with Crippen LogP contribution in [0.2, 0.25) is 0 Å². The van der Waals surface area contributed by atoms with Crippen molar-refractivity contribution in [2.75, 3.05) is 0 Å².